The maximum absolute atomic E-state index is 13.4. The number of alkyl halides is 3. The van der Waals surface area contributed by atoms with Crippen LogP contribution in [0.1, 0.15) is 32.4 Å². The van der Waals surface area contributed by atoms with Crippen LogP contribution < -0.4 is 9.80 Å². The number of nitrogens with zero attached hydrogens (tertiary/aromatic N) is 5. The number of piperazine rings is 1. The lowest BCUT2D eigenvalue weighted by Gasteiger charge is -2.41. The van der Waals surface area contributed by atoms with Crippen molar-refractivity contribution in [3.8, 4) is 0 Å². The first kappa shape index (κ1) is 22.0. The quantitative estimate of drug-likeness (QED) is 0.765. The summed E-state index contributed by atoms with van der Waals surface area (Å²) in [5, 5.41) is 9.41. The summed E-state index contributed by atoms with van der Waals surface area (Å²) in [6, 6.07) is 0.143. The molecule has 168 valence electrons. The van der Waals surface area contributed by atoms with Gasteiger partial charge in [-0.15, -0.1) is 11.8 Å². The van der Waals surface area contributed by atoms with Gasteiger partial charge in [-0.25, -0.2) is 4.98 Å². The lowest BCUT2D eigenvalue weighted by Crippen LogP contribution is -2.51. The van der Waals surface area contributed by atoms with Crippen LogP contribution in [-0.4, -0.2) is 83.8 Å². The normalized spacial score (nSPS) is 23.5. The molecule has 4 heterocycles. The molecule has 2 saturated heterocycles. The fourth-order valence-electron chi connectivity index (χ4n) is 4.37. The molecular weight excluding hydrogens is 415 g/mol. The number of hydrogen-bond acceptors (Lipinski definition) is 7. The van der Waals surface area contributed by atoms with Crippen LogP contribution in [0.3, 0.4) is 0 Å². The molecule has 10 heteroatoms. The third-order valence-electron chi connectivity index (χ3n) is 6.83. The highest BCUT2D eigenvalue weighted by atomic mass is 32.2. The molecule has 0 amide bonds. The van der Waals surface area contributed by atoms with Crippen molar-refractivity contribution in [2.45, 2.75) is 50.2 Å². The smallest absolute Gasteiger partial charge is 0.394 e. The molecule has 0 saturated carbocycles. The largest absolute Gasteiger partial charge is 0.395 e. The van der Waals surface area contributed by atoms with Gasteiger partial charge in [0, 0.05) is 57.5 Å². The molecule has 1 N–H and O–H groups in total. The molecule has 1 unspecified atom stereocenters. The fraction of sp³-hybridized carbons (Fsp3) is 0.800. The third kappa shape index (κ3) is 4.10. The molecule has 1 atom stereocenters. The minimum absolute atomic E-state index is 0.0682. The Hall–Kier alpha value is -1.26. The Morgan fingerprint density at radius 3 is 2.33 bits per heavy atom. The number of aryl methyl sites for hydroxylation is 1. The second-order valence-corrected chi connectivity index (χ2v) is 9.93. The summed E-state index contributed by atoms with van der Waals surface area (Å²) in [5.74, 6) is 2.47. The minimum Gasteiger partial charge on any atom is -0.395 e. The van der Waals surface area contributed by atoms with Gasteiger partial charge in [0.15, 0.2) is 0 Å². The Balaban J connectivity index is 1.52. The van der Waals surface area contributed by atoms with Gasteiger partial charge in [-0.1, -0.05) is 6.92 Å². The summed E-state index contributed by atoms with van der Waals surface area (Å²) in [6.07, 6.45) is -3.17. The zero-order chi connectivity index (χ0) is 21.5. The highest BCUT2D eigenvalue weighted by molar-refractivity contribution is 7.99. The number of aliphatic hydroxyl groups excluding tert-OH is 1. The summed E-state index contributed by atoms with van der Waals surface area (Å²) in [4.78, 5) is 17.2. The zero-order valence-corrected chi connectivity index (χ0v) is 18.4. The lowest BCUT2D eigenvalue weighted by molar-refractivity contribution is -0.224. The molecule has 0 spiro atoms. The van der Waals surface area contributed by atoms with Gasteiger partial charge in [0.05, 0.1) is 22.6 Å². The highest BCUT2D eigenvalue weighted by Crippen LogP contribution is 2.46. The first-order valence-electron chi connectivity index (χ1n) is 10.7. The molecule has 0 radical (unpaired) electrons. The van der Waals surface area contributed by atoms with Crippen LogP contribution in [0.25, 0.3) is 0 Å². The summed E-state index contributed by atoms with van der Waals surface area (Å²) in [7, 11) is 0. The second-order valence-electron chi connectivity index (χ2n) is 8.82. The van der Waals surface area contributed by atoms with Gasteiger partial charge >= 0.3 is 6.18 Å². The van der Waals surface area contributed by atoms with E-state index in [0.29, 0.717) is 19.0 Å². The van der Waals surface area contributed by atoms with Crippen molar-refractivity contribution >= 4 is 23.5 Å². The molecule has 0 aromatic carbocycles. The van der Waals surface area contributed by atoms with E-state index >= 15 is 0 Å². The van der Waals surface area contributed by atoms with Gasteiger partial charge in [-0.05, 0) is 19.8 Å². The molecule has 3 aliphatic rings. The number of aromatic nitrogens is 2. The number of halogens is 3. The summed E-state index contributed by atoms with van der Waals surface area (Å²) in [5.41, 5.74) is -0.603. The molecule has 0 aliphatic carbocycles. The number of rotatable bonds is 4. The summed E-state index contributed by atoms with van der Waals surface area (Å²) in [6.45, 7) is 7.49. The van der Waals surface area contributed by atoms with Crippen LogP contribution in [0.2, 0.25) is 0 Å². The van der Waals surface area contributed by atoms with Gasteiger partial charge in [-0.3, -0.25) is 4.90 Å². The van der Waals surface area contributed by atoms with Gasteiger partial charge in [0.2, 0.25) is 5.95 Å². The molecule has 30 heavy (non-hydrogen) atoms. The SMILES string of the molecule is CC(CO)N1CCN(c2nc(N3CCC(C)(C(F)(F)F)CC3)nc3c2SCC3)CC1. The van der Waals surface area contributed by atoms with Crippen LogP contribution in [0.4, 0.5) is 24.9 Å². The van der Waals surface area contributed by atoms with Gasteiger partial charge in [0.25, 0.3) is 0 Å². The molecular formula is C20H30F3N5OS. The molecule has 0 bridgehead atoms. The second kappa shape index (κ2) is 8.35. The van der Waals surface area contributed by atoms with E-state index in [1.807, 2.05) is 11.8 Å². The van der Waals surface area contributed by atoms with Crippen molar-refractivity contribution in [2.24, 2.45) is 5.41 Å². The number of aliphatic hydroxyl groups is 1. The van der Waals surface area contributed by atoms with E-state index < -0.39 is 11.6 Å². The average Bonchev–Trinajstić information content (AvgIpc) is 3.21. The Morgan fingerprint density at radius 2 is 1.73 bits per heavy atom. The minimum atomic E-state index is -4.18. The van der Waals surface area contributed by atoms with Gasteiger partial charge in [-0.2, -0.15) is 18.2 Å². The van der Waals surface area contributed by atoms with Gasteiger partial charge < -0.3 is 14.9 Å². The van der Waals surface area contributed by atoms with Crippen molar-refractivity contribution in [3.63, 3.8) is 0 Å². The number of thioether (sulfide) groups is 1. The van der Waals surface area contributed by atoms with Crippen molar-refractivity contribution in [1.29, 1.82) is 0 Å². The van der Waals surface area contributed by atoms with Gasteiger partial charge in [0.1, 0.15) is 5.82 Å². The van der Waals surface area contributed by atoms with Crippen molar-refractivity contribution in [3.05, 3.63) is 5.69 Å². The third-order valence-corrected chi connectivity index (χ3v) is 7.94. The van der Waals surface area contributed by atoms with E-state index in [9.17, 15) is 18.3 Å². The van der Waals surface area contributed by atoms with Crippen LogP contribution in [0, 0.1) is 5.41 Å². The van der Waals surface area contributed by atoms with Crippen LogP contribution >= 0.6 is 11.8 Å². The Labute approximate surface area is 179 Å². The van der Waals surface area contributed by atoms with E-state index in [1.54, 1.807) is 11.8 Å². The highest BCUT2D eigenvalue weighted by Gasteiger charge is 2.52. The van der Waals surface area contributed by atoms with Crippen LogP contribution in [-0.2, 0) is 6.42 Å². The molecule has 3 aliphatic heterocycles. The standard InChI is InChI=1S/C20H30F3N5OS/c1-14(13-29)26-8-10-27(11-9-26)17-16-15(3-12-30-16)24-18(25-17)28-6-4-19(2,5-7-28)20(21,22)23/h14,29H,3-13H2,1-2H3. The van der Waals surface area contributed by atoms with Crippen molar-refractivity contribution in [1.82, 2.24) is 14.9 Å². The van der Waals surface area contributed by atoms with E-state index in [1.165, 1.54) is 6.92 Å². The Morgan fingerprint density at radius 1 is 1.07 bits per heavy atom. The maximum Gasteiger partial charge on any atom is 0.394 e. The topological polar surface area (TPSA) is 55.7 Å². The van der Waals surface area contributed by atoms with E-state index in [-0.39, 0.29) is 25.5 Å². The first-order chi connectivity index (χ1) is 14.2. The van der Waals surface area contributed by atoms with Crippen LogP contribution in [0.5, 0.6) is 0 Å². The van der Waals surface area contributed by atoms with Crippen molar-refractivity contribution in [2.75, 3.05) is 61.4 Å². The molecule has 1 aromatic heterocycles. The first-order valence-corrected chi connectivity index (χ1v) is 11.7. The van der Waals surface area contributed by atoms with E-state index in [0.717, 1.165) is 54.8 Å². The monoisotopic (exact) mass is 445 g/mol. The van der Waals surface area contributed by atoms with E-state index in [2.05, 4.69) is 9.80 Å². The summed E-state index contributed by atoms with van der Waals surface area (Å²) >= 11 is 1.77. The fourth-order valence-corrected chi connectivity index (χ4v) is 5.49. The molecule has 4 rings (SSSR count). The Bertz CT molecular complexity index is 762. The zero-order valence-electron chi connectivity index (χ0n) is 17.6. The molecule has 6 nitrogen and oxygen atoms in total. The predicted octanol–water partition coefficient (Wildman–Crippen LogP) is 2.80. The number of piperidine rings is 1. The lowest BCUT2D eigenvalue weighted by atomic mass is 9.80. The van der Waals surface area contributed by atoms with Crippen LogP contribution in [0.15, 0.2) is 4.90 Å². The van der Waals surface area contributed by atoms with Crippen molar-refractivity contribution < 1.29 is 18.3 Å². The number of fused-ring (bicyclic) bond motifs is 1. The van der Waals surface area contributed by atoms with E-state index in [4.69, 9.17) is 9.97 Å². The maximum atomic E-state index is 13.4. The average molecular weight is 446 g/mol. The molecule has 2 fully saturated rings. The predicted molar refractivity (Wildman–Crippen MR) is 112 cm³/mol. The number of hydrogen-bond donors (Lipinski definition) is 1. The summed E-state index contributed by atoms with van der Waals surface area (Å²) < 4.78 is 40.1. The number of anilines is 2. The Kier molecular flexibility index (Phi) is 6.11. The molecule has 1 aromatic rings.